The maximum atomic E-state index is 13.3. The van der Waals surface area contributed by atoms with Gasteiger partial charge in [-0.2, -0.15) is 0 Å². The molecule has 0 aliphatic rings. The van der Waals surface area contributed by atoms with Crippen molar-refractivity contribution >= 4 is 5.91 Å². The predicted octanol–water partition coefficient (Wildman–Crippen LogP) is 0.927. The van der Waals surface area contributed by atoms with E-state index in [9.17, 15) is 14.3 Å². The highest BCUT2D eigenvalue weighted by Crippen LogP contribution is 2.15. The van der Waals surface area contributed by atoms with Gasteiger partial charge in [0, 0.05) is 25.1 Å². The number of nitrogens with one attached hydrogen (secondary N) is 1. The largest absolute Gasteiger partial charge is 0.386 e. The summed E-state index contributed by atoms with van der Waals surface area (Å²) in [5.74, 6) is -0.619. The summed E-state index contributed by atoms with van der Waals surface area (Å²) >= 11 is 0. The normalized spacial score (nSPS) is 12.5. The third-order valence-corrected chi connectivity index (χ3v) is 2.54. The van der Waals surface area contributed by atoms with Gasteiger partial charge >= 0.3 is 0 Å². The molecule has 0 spiro atoms. The van der Waals surface area contributed by atoms with E-state index >= 15 is 0 Å². The molecule has 0 aromatic heterocycles. The number of carbonyl (C=O) groups excluding carboxylic acids is 1. The van der Waals surface area contributed by atoms with Gasteiger partial charge in [0.15, 0.2) is 0 Å². The molecule has 1 unspecified atom stereocenters. The topological polar surface area (TPSA) is 52.6 Å². The van der Waals surface area contributed by atoms with E-state index in [1.165, 1.54) is 12.1 Å². The summed E-state index contributed by atoms with van der Waals surface area (Å²) in [7, 11) is 3.75. The molecule has 0 bridgehead atoms. The van der Waals surface area contributed by atoms with Crippen LogP contribution in [0.2, 0.25) is 0 Å². The van der Waals surface area contributed by atoms with Crippen LogP contribution in [-0.4, -0.2) is 43.1 Å². The van der Waals surface area contributed by atoms with Crippen LogP contribution in [0.15, 0.2) is 24.3 Å². The number of aliphatic hydroxyl groups excluding tert-OH is 1. The Hall–Kier alpha value is -1.46. The Morgan fingerprint density at radius 2 is 2.11 bits per heavy atom. The summed E-state index contributed by atoms with van der Waals surface area (Å²) in [6.07, 6.45) is -0.661. The molecule has 2 N–H and O–H groups in total. The molecule has 0 saturated heterocycles. The van der Waals surface area contributed by atoms with E-state index in [4.69, 9.17) is 0 Å². The fraction of sp³-hybridized carbons (Fsp3) is 0.462. The number of hydrogen-bond donors (Lipinski definition) is 2. The molecule has 0 radical (unpaired) electrons. The third-order valence-electron chi connectivity index (χ3n) is 2.54. The second kappa shape index (κ2) is 7.08. The van der Waals surface area contributed by atoms with E-state index in [0.29, 0.717) is 13.0 Å². The Bertz CT molecular complexity index is 396. The fourth-order valence-electron chi connectivity index (χ4n) is 1.48. The van der Waals surface area contributed by atoms with Crippen LogP contribution in [0, 0.1) is 5.82 Å². The Kier molecular flexibility index (Phi) is 5.74. The molecule has 1 amide bonds. The smallest absolute Gasteiger partial charge is 0.221 e. The SMILES string of the molecule is CN(C)CCC(=O)NCC(O)c1ccccc1F. The van der Waals surface area contributed by atoms with Gasteiger partial charge in [-0.3, -0.25) is 4.79 Å². The second-order valence-corrected chi connectivity index (χ2v) is 4.39. The van der Waals surface area contributed by atoms with Crippen molar-refractivity contribution in [2.24, 2.45) is 0 Å². The number of benzene rings is 1. The first-order valence-corrected chi connectivity index (χ1v) is 5.84. The van der Waals surface area contributed by atoms with Gasteiger partial charge in [0.25, 0.3) is 0 Å². The lowest BCUT2D eigenvalue weighted by atomic mass is 10.1. The molecular formula is C13H19FN2O2. The number of rotatable bonds is 6. The van der Waals surface area contributed by atoms with E-state index in [2.05, 4.69) is 5.32 Å². The van der Waals surface area contributed by atoms with E-state index in [-0.39, 0.29) is 18.0 Å². The zero-order valence-electron chi connectivity index (χ0n) is 10.7. The van der Waals surface area contributed by atoms with Crippen LogP contribution in [0.3, 0.4) is 0 Å². The number of nitrogens with zero attached hydrogens (tertiary/aromatic N) is 1. The van der Waals surface area contributed by atoms with Crippen molar-refractivity contribution in [3.63, 3.8) is 0 Å². The van der Waals surface area contributed by atoms with Crippen LogP contribution in [-0.2, 0) is 4.79 Å². The first-order chi connectivity index (χ1) is 8.50. The number of aliphatic hydroxyl groups is 1. The summed E-state index contributed by atoms with van der Waals surface area (Å²) in [4.78, 5) is 13.3. The minimum Gasteiger partial charge on any atom is -0.386 e. The molecule has 4 nitrogen and oxygen atoms in total. The lowest BCUT2D eigenvalue weighted by Crippen LogP contribution is -2.31. The Labute approximate surface area is 106 Å². The molecule has 0 aliphatic carbocycles. The van der Waals surface area contributed by atoms with Crippen LogP contribution >= 0.6 is 0 Å². The van der Waals surface area contributed by atoms with E-state index < -0.39 is 11.9 Å². The molecule has 18 heavy (non-hydrogen) atoms. The zero-order valence-corrected chi connectivity index (χ0v) is 10.7. The molecule has 0 fully saturated rings. The van der Waals surface area contributed by atoms with Gasteiger partial charge in [0.2, 0.25) is 5.91 Å². The van der Waals surface area contributed by atoms with Gasteiger partial charge in [0.1, 0.15) is 5.82 Å². The quantitative estimate of drug-likeness (QED) is 0.794. The number of carbonyl (C=O) groups is 1. The zero-order chi connectivity index (χ0) is 13.5. The van der Waals surface area contributed by atoms with Crippen molar-refractivity contribution in [2.45, 2.75) is 12.5 Å². The minimum absolute atomic E-state index is 0.0210. The van der Waals surface area contributed by atoms with E-state index in [1.54, 1.807) is 12.1 Å². The molecular weight excluding hydrogens is 235 g/mol. The third kappa shape index (κ3) is 4.81. The standard InChI is InChI=1S/C13H19FN2O2/c1-16(2)8-7-13(18)15-9-12(17)10-5-3-4-6-11(10)14/h3-6,12,17H,7-9H2,1-2H3,(H,15,18). The van der Waals surface area contributed by atoms with Gasteiger partial charge < -0.3 is 15.3 Å². The number of halogens is 1. The molecule has 0 aliphatic heterocycles. The van der Waals surface area contributed by atoms with Gasteiger partial charge in [-0.05, 0) is 20.2 Å². The first-order valence-electron chi connectivity index (χ1n) is 5.84. The monoisotopic (exact) mass is 254 g/mol. The van der Waals surface area contributed by atoms with Crippen LogP contribution in [0.1, 0.15) is 18.1 Å². The highest BCUT2D eigenvalue weighted by atomic mass is 19.1. The number of hydrogen-bond acceptors (Lipinski definition) is 3. The second-order valence-electron chi connectivity index (χ2n) is 4.39. The lowest BCUT2D eigenvalue weighted by molar-refractivity contribution is -0.121. The van der Waals surface area contributed by atoms with E-state index in [1.807, 2.05) is 19.0 Å². The maximum Gasteiger partial charge on any atom is 0.221 e. The van der Waals surface area contributed by atoms with Crippen molar-refractivity contribution in [3.05, 3.63) is 35.6 Å². The van der Waals surface area contributed by atoms with Crippen LogP contribution in [0.5, 0.6) is 0 Å². The van der Waals surface area contributed by atoms with Gasteiger partial charge in [-0.25, -0.2) is 4.39 Å². The molecule has 5 heteroatoms. The summed E-state index contributed by atoms with van der Waals surface area (Å²) < 4.78 is 13.3. The molecule has 100 valence electrons. The van der Waals surface area contributed by atoms with Crippen molar-refractivity contribution in [3.8, 4) is 0 Å². The Morgan fingerprint density at radius 3 is 2.72 bits per heavy atom. The Morgan fingerprint density at radius 1 is 1.44 bits per heavy atom. The highest BCUT2D eigenvalue weighted by molar-refractivity contribution is 5.76. The van der Waals surface area contributed by atoms with Crippen LogP contribution in [0.4, 0.5) is 4.39 Å². The average Bonchev–Trinajstić information content (AvgIpc) is 2.34. The predicted molar refractivity (Wildman–Crippen MR) is 67.5 cm³/mol. The van der Waals surface area contributed by atoms with E-state index in [0.717, 1.165) is 0 Å². The van der Waals surface area contributed by atoms with Gasteiger partial charge in [-0.1, -0.05) is 18.2 Å². The molecule has 1 rings (SSSR count). The molecule has 1 aromatic rings. The molecule has 1 atom stereocenters. The summed E-state index contributed by atoms with van der Waals surface area (Å²) in [5.41, 5.74) is 0.199. The highest BCUT2D eigenvalue weighted by Gasteiger charge is 2.13. The van der Waals surface area contributed by atoms with Crippen LogP contribution in [0.25, 0.3) is 0 Å². The van der Waals surface area contributed by atoms with Crippen molar-refractivity contribution in [1.29, 1.82) is 0 Å². The van der Waals surface area contributed by atoms with Gasteiger partial charge in [0.05, 0.1) is 6.10 Å². The summed E-state index contributed by atoms with van der Waals surface area (Å²) in [6, 6.07) is 6.00. The maximum absolute atomic E-state index is 13.3. The summed E-state index contributed by atoms with van der Waals surface area (Å²) in [5, 5.41) is 12.3. The van der Waals surface area contributed by atoms with Gasteiger partial charge in [-0.15, -0.1) is 0 Å². The molecule has 0 saturated carbocycles. The Balaban J connectivity index is 2.39. The molecule has 0 heterocycles. The summed E-state index contributed by atoms with van der Waals surface area (Å²) in [6.45, 7) is 0.662. The van der Waals surface area contributed by atoms with Crippen LogP contribution < -0.4 is 5.32 Å². The fourth-order valence-corrected chi connectivity index (χ4v) is 1.48. The number of amides is 1. The van der Waals surface area contributed by atoms with Crippen molar-refractivity contribution in [1.82, 2.24) is 10.2 Å². The molecule has 1 aromatic carbocycles. The minimum atomic E-state index is -1.02. The van der Waals surface area contributed by atoms with Crippen molar-refractivity contribution < 1.29 is 14.3 Å². The first kappa shape index (κ1) is 14.6. The lowest BCUT2D eigenvalue weighted by Gasteiger charge is -2.14. The van der Waals surface area contributed by atoms with Crippen molar-refractivity contribution in [2.75, 3.05) is 27.2 Å². The average molecular weight is 254 g/mol.